The molecule has 8 heteroatoms. The van der Waals surface area contributed by atoms with Crippen LogP contribution in [0.25, 0.3) is 11.1 Å². The maximum Gasteiger partial charge on any atom is 0.324 e. The van der Waals surface area contributed by atoms with Gasteiger partial charge in [0.05, 0.1) is 16.9 Å². The SMILES string of the molecule is CCCCc1ncc(NC(=O)Nc2ccc(-c3ccc(F)c(F)c3)cc2F)s1. The topological polar surface area (TPSA) is 54.0 Å². The first-order valence-electron chi connectivity index (χ1n) is 8.74. The van der Waals surface area contributed by atoms with Gasteiger partial charge in [-0.3, -0.25) is 5.32 Å². The van der Waals surface area contributed by atoms with Crippen LogP contribution in [0.15, 0.2) is 42.6 Å². The Balaban J connectivity index is 1.66. The third-order valence-corrected chi connectivity index (χ3v) is 4.98. The van der Waals surface area contributed by atoms with E-state index in [-0.39, 0.29) is 5.69 Å². The van der Waals surface area contributed by atoms with E-state index in [4.69, 9.17) is 0 Å². The number of unbranched alkanes of at least 4 members (excludes halogenated alkanes) is 1. The molecular weight excluding hydrogens is 387 g/mol. The van der Waals surface area contributed by atoms with Gasteiger partial charge >= 0.3 is 6.03 Å². The van der Waals surface area contributed by atoms with Gasteiger partial charge in [-0.2, -0.15) is 0 Å². The van der Waals surface area contributed by atoms with Crippen LogP contribution in [0.2, 0.25) is 0 Å². The number of rotatable bonds is 6. The van der Waals surface area contributed by atoms with E-state index in [9.17, 15) is 18.0 Å². The number of carbonyl (C=O) groups excluding carboxylic acids is 1. The summed E-state index contributed by atoms with van der Waals surface area (Å²) in [4.78, 5) is 16.3. The zero-order valence-electron chi connectivity index (χ0n) is 15.1. The molecule has 0 saturated carbocycles. The number of benzene rings is 2. The molecule has 1 heterocycles. The highest BCUT2D eigenvalue weighted by Gasteiger charge is 2.11. The summed E-state index contributed by atoms with van der Waals surface area (Å²) in [5.74, 6) is -2.67. The Morgan fingerprint density at radius 3 is 2.39 bits per heavy atom. The minimum Gasteiger partial charge on any atom is -0.305 e. The second-order valence-corrected chi connectivity index (χ2v) is 7.24. The fourth-order valence-corrected chi connectivity index (χ4v) is 3.40. The van der Waals surface area contributed by atoms with Crippen LogP contribution in [0.5, 0.6) is 0 Å². The number of hydrogen-bond acceptors (Lipinski definition) is 3. The van der Waals surface area contributed by atoms with Gasteiger partial charge in [0, 0.05) is 0 Å². The molecule has 0 radical (unpaired) electrons. The highest BCUT2D eigenvalue weighted by atomic mass is 32.1. The van der Waals surface area contributed by atoms with E-state index in [0.29, 0.717) is 16.1 Å². The number of anilines is 2. The molecule has 0 aliphatic heterocycles. The average Bonchev–Trinajstić information content (AvgIpc) is 3.11. The molecule has 146 valence electrons. The number of halogens is 3. The van der Waals surface area contributed by atoms with Gasteiger partial charge in [0.1, 0.15) is 10.8 Å². The second kappa shape index (κ2) is 8.88. The van der Waals surface area contributed by atoms with Crippen molar-refractivity contribution in [2.24, 2.45) is 0 Å². The molecule has 2 amide bonds. The van der Waals surface area contributed by atoms with Crippen LogP contribution in [0.1, 0.15) is 24.8 Å². The monoisotopic (exact) mass is 405 g/mol. The fraction of sp³-hybridized carbons (Fsp3) is 0.200. The Hall–Kier alpha value is -2.87. The lowest BCUT2D eigenvalue weighted by molar-refractivity contribution is 0.262. The van der Waals surface area contributed by atoms with E-state index in [1.165, 1.54) is 29.5 Å². The fourth-order valence-electron chi connectivity index (χ4n) is 2.55. The molecule has 2 aromatic carbocycles. The number of nitrogens with zero attached hydrogens (tertiary/aromatic N) is 1. The van der Waals surface area contributed by atoms with Crippen LogP contribution in [0.4, 0.5) is 28.7 Å². The van der Waals surface area contributed by atoms with E-state index in [1.807, 2.05) is 0 Å². The normalized spacial score (nSPS) is 10.7. The molecule has 1 aromatic heterocycles. The predicted octanol–water partition coefficient (Wildman–Crippen LogP) is 6.21. The van der Waals surface area contributed by atoms with Gasteiger partial charge in [0.2, 0.25) is 0 Å². The van der Waals surface area contributed by atoms with Gasteiger partial charge in [-0.15, -0.1) is 11.3 Å². The largest absolute Gasteiger partial charge is 0.324 e. The van der Waals surface area contributed by atoms with Gasteiger partial charge < -0.3 is 5.32 Å². The van der Waals surface area contributed by atoms with Gasteiger partial charge in [-0.1, -0.05) is 25.5 Å². The molecule has 0 bridgehead atoms. The van der Waals surface area contributed by atoms with Crippen molar-refractivity contribution in [2.45, 2.75) is 26.2 Å². The number of amides is 2. The molecule has 0 unspecified atom stereocenters. The average molecular weight is 405 g/mol. The maximum absolute atomic E-state index is 14.3. The predicted molar refractivity (Wildman–Crippen MR) is 105 cm³/mol. The molecular formula is C20H18F3N3OS. The van der Waals surface area contributed by atoms with Crippen LogP contribution < -0.4 is 10.6 Å². The molecule has 0 fully saturated rings. The van der Waals surface area contributed by atoms with Crippen molar-refractivity contribution in [1.82, 2.24) is 4.98 Å². The molecule has 3 rings (SSSR count). The Labute approximate surface area is 164 Å². The van der Waals surface area contributed by atoms with Crippen LogP contribution >= 0.6 is 11.3 Å². The van der Waals surface area contributed by atoms with Crippen molar-refractivity contribution < 1.29 is 18.0 Å². The van der Waals surface area contributed by atoms with Gasteiger partial charge in [-0.25, -0.2) is 22.9 Å². The molecule has 0 aliphatic rings. The first-order chi connectivity index (χ1) is 13.5. The number of urea groups is 1. The highest BCUT2D eigenvalue weighted by Crippen LogP contribution is 2.26. The Kier molecular flexibility index (Phi) is 6.30. The van der Waals surface area contributed by atoms with E-state index in [2.05, 4.69) is 22.5 Å². The Morgan fingerprint density at radius 2 is 1.71 bits per heavy atom. The van der Waals surface area contributed by atoms with Crippen LogP contribution in [0.3, 0.4) is 0 Å². The molecule has 0 spiro atoms. The summed E-state index contributed by atoms with van der Waals surface area (Å²) in [5, 5.41) is 6.55. The standard InChI is InChI=1S/C20H18F3N3OS/c1-2-3-4-18-24-11-19(28-18)26-20(27)25-17-8-6-13(10-16(17)23)12-5-7-14(21)15(22)9-12/h5-11H,2-4H2,1H3,(H2,25,26,27). The van der Waals surface area contributed by atoms with Crippen LogP contribution in [0, 0.1) is 17.5 Å². The van der Waals surface area contributed by atoms with Crippen molar-refractivity contribution in [2.75, 3.05) is 10.6 Å². The zero-order valence-corrected chi connectivity index (χ0v) is 15.9. The summed E-state index contributed by atoms with van der Waals surface area (Å²) in [6.07, 6.45) is 4.50. The number of carbonyl (C=O) groups is 1. The van der Waals surface area contributed by atoms with Gasteiger partial charge in [0.25, 0.3) is 0 Å². The minimum absolute atomic E-state index is 0.0282. The summed E-state index contributed by atoms with van der Waals surface area (Å²) in [6, 6.07) is 6.76. The number of aromatic nitrogens is 1. The van der Waals surface area contributed by atoms with Crippen molar-refractivity contribution in [1.29, 1.82) is 0 Å². The van der Waals surface area contributed by atoms with Crippen LogP contribution in [-0.4, -0.2) is 11.0 Å². The molecule has 0 atom stereocenters. The van der Waals surface area contributed by atoms with Crippen molar-refractivity contribution >= 4 is 28.1 Å². The quantitative estimate of drug-likeness (QED) is 0.512. The van der Waals surface area contributed by atoms with Crippen LogP contribution in [-0.2, 0) is 6.42 Å². The lowest BCUT2D eigenvalue weighted by Crippen LogP contribution is -2.19. The third-order valence-electron chi connectivity index (χ3n) is 4.00. The molecule has 0 aliphatic carbocycles. The Morgan fingerprint density at radius 1 is 1.00 bits per heavy atom. The van der Waals surface area contributed by atoms with Crippen molar-refractivity contribution in [3.05, 3.63) is 65.1 Å². The summed E-state index contributed by atoms with van der Waals surface area (Å²) in [7, 11) is 0. The first-order valence-corrected chi connectivity index (χ1v) is 9.55. The molecule has 3 aromatic rings. The van der Waals surface area contributed by atoms with E-state index < -0.39 is 23.5 Å². The van der Waals surface area contributed by atoms with Crippen molar-refractivity contribution in [3.63, 3.8) is 0 Å². The molecule has 28 heavy (non-hydrogen) atoms. The van der Waals surface area contributed by atoms with Gasteiger partial charge in [0.15, 0.2) is 11.6 Å². The number of hydrogen-bond donors (Lipinski definition) is 2. The smallest absolute Gasteiger partial charge is 0.305 e. The highest BCUT2D eigenvalue weighted by molar-refractivity contribution is 7.15. The third kappa shape index (κ3) is 4.89. The number of aryl methyl sites for hydroxylation is 1. The van der Waals surface area contributed by atoms with E-state index in [1.54, 1.807) is 6.20 Å². The summed E-state index contributed by atoms with van der Waals surface area (Å²) < 4.78 is 40.7. The number of thiazole rings is 1. The summed E-state index contributed by atoms with van der Waals surface area (Å²) in [6.45, 7) is 2.09. The lowest BCUT2D eigenvalue weighted by atomic mass is 10.0. The minimum atomic E-state index is -1.01. The summed E-state index contributed by atoms with van der Waals surface area (Å²) >= 11 is 1.38. The van der Waals surface area contributed by atoms with E-state index >= 15 is 0 Å². The second-order valence-electron chi connectivity index (χ2n) is 6.12. The zero-order chi connectivity index (χ0) is 20.1. The molecule has 4 nitrogen and oxygen atoms in total. The lowest BCUT2D eigenvalue weighted by Gasteiger charge is -2.09. The summed E-state index contributed by atoms with van der Waals surface area (Å²) in [5.41, 5.74) is 0.669. The maximum atomic E-state index is 14.3. The van der Waals surface area contributed by atoms with Crippen molar-refractivity contribution in [3.8, 4) is 11.1 Å². The Bertz CT molecular complexity index is 991. The van der Waals surface area contributed by atoms with Gasteiger partial charge in [-0.05, 0) is 48.2 Å². The van der Waals surface area contributed by atoms with E-state index in [0.717, 1.165) is 42.5 Å². The molecule has 0 saturated heterocycles. The first kappa shape index (κ1) is 19.9. The molecule has 2 N–H and O–H groups in total. The number of nitrogens with one attached hydrogen (secondary N) is 2.